The lowest BCUT2D eigenvalue weighted by Gasteiger charge is -2.21. The first-order chi connectivity index (χ1) is 9.26. The summed E-state index contributed by atoms with van der Waals surface area (Å²) in [6, 6.07) is 6.41. The van der Waals surface area contributed by atoms with Crippen molar-refractivity contribution in [1.82, 2.24) is 9.55 Å². The predicted octanol–water partition coefficient (Wildman–Crippen LogP) is 2.94. The minimum Gasteiger partial charge on any atom is -0.331 e. The maximum atomic E-state index is 5.74. The molecule has 0 amide bonds. The van der Waals surface area contributed by atoms with Crippen LogP contribution in [0.5, 0.6) is 0 Å². The molecule has 3 unspecified atom stereocenters. The topological polar surface area (TPSA) is 43.8 Å². The van der Waals surface area contributed by atoms with Crippen LogP contribution in [-0.4, -0.2) is 9.55 Å². The van der Waals surface area contributed by atoms with Crippen molar-refractivity contribution in [2.45, 2.75) is 38.1 Å². The van der Waals surface area contributed by atoms with Gasteiger partial charge in [0.15, 0.2) is 0 Å². The zero-order valence-corrected chi connectivity index (χ0v) is 11.5. The molecule has 2 fully saturated rings. The van der Waals surface area contributed by atoms with Crippen LogP contribution >= 0.6 is 0 Å². The van der Waals surface area contributed by atoms with Crippen molar-refractivity contribution < 1.29 is 0 Å². The first-order valence-electron chi connectivity index (χ1n) is 7.41. The van der Waals surface area contributed by atoms with E-state index in [4.69, 9.17) is 10.7 Å². The molecule has 3 heteroatoms. The number of fused-ring (bicyclic) bond motifs is 3. The zero-order valence-electron chi connectivity index (χ0n) is 11.5. The summed E-state index contributed by atoms with van der Waals surface area (Å²) in [5.41, 5.74) is 9.29. The van der Waals surface area contributed by atoms with Gasteiger partial charge in [0.05, 0.1) is 11.0 Å². The maximum Gasteiger partial charge on any atom is 0.113 e. The molecule has 2 bridgehead atoms. The molecule has 2 aromatic rings. The number of benzene rings is 1. The van der Waals surface area contributed by atoms with Crippen LogP contribution in [0.25, 0.3) is 11.0 Å². The summed E-state index contributed by atoms with van der Waals surface area (Å²) in [6.07, 6.45) is 5.64. The van der Waals surface area contributed by atoms with Gasteiger partial charge in [-0.05, 0) is 48.8 Å². The molecule has 2 aliphatic carbocycles. The van der Waals surface area contributed by atoms with E-state index in [0.717, 1.165) is 17.4 Å². The van der Waals surface area contributed by atoms with Crippen molar-refractivity contribution in [2.24, 2.45) is 24.6 Å². The quantitative estimate of drug-likeness (QED) is 0.896. The summed E-state index contributed by atoms with van der Waals surface area (Å²) in [5, 5.41) is 0. The van der Waals surface area contributed by atoms with Crippen LogP contribution in [0.15, 0.2) is 18.2 Å². The summed E-state index contributed by atoms with van der Waals surface area (Å²) >= 11 is 0. The molecule has 4 rings (SSSR count). The fourth-order valence-corrected chi connectivity index (χ4v) is 4.27. The third kappa shape index (κ3) is 1.64. The van der Waals surface area contributed by atoms with E-state index >= 15 is 0 Å². The average Bonchev–Trinajstić information content (AvgIpc) is 3.13. The van der Waals surface area contributed by atoms with Gasteiger partial charge in [0.25, 0.3) is 0 Å². The Balaban J connectivity index is 1.80. The lowest BCUT2D eigenvalue weighted by Crippen LogP contribution is -2.13. The second kappa shape index (κ2) is 4.07. The molecule has 3 atom stereocenters. The second-order valence-corrected chi connectivity index (χ2v) is 6.34. The summed E-state index contributed by atoms with van der Waals surface area (Å²) in [4.78, 5) is 4.91. The smallest absolute Gasteiger partial charge is 0.113 e. The number of nitrogens with two attached hydrogens (primary N) is 1. The van der Waals surface area contributed by atoms with Crippen LogP contribution in [0.3, 0.4) is 0 Å². The van der Waals surface area contributed by atoms with Gasteiger partial charge < -0.3 is 10.3 Å². The summed E-state index contributed by atoms with van der Waals surface area (Å²) < 4.78 is 2.31. The van der Waals surface area contributed by atoms with E-state index in [-0.39, 0.29) is 0 Å². The molecule has 1 aromatic heterocycles. The Morgan fingerprint density at radius 1 is 1.32 bits per heavy atom. The Bertz CT molecular complexity index is 628. The van der Waals surface area contributed by atoms with E-state index in [2.05, 4.69) is 29.8 Å². The monoisotopic (exact) mass is 255 g/mol. The van der Waals surface area contributed by atoms with Crippen LogP contribution in [0.4, 0.5) is 0 Å². The SMILES string of the molecule is Cn1c(C2CC3CCC2C3)nc2ccc(CN)cc21. The molecule has 2 saturated carbocycles. The number of hydrogen-bond acceptors (Lipinski definition) is 2. The molecule has 0 aliphatic heterocycles. The predicted molar refractivity (Wildman–Crippen MR) is 76.8 cm³/mol. The van der Waals surface area contributed by atoms with E-state index in [1.165, 1.54) is 42.6 Å². The van der Waals surface area contributed by atoms with Crippen molar-refractivity contribution >= 4 is 11.0 Å². The minimum absolute atomic E-state index is 0.602. The fourth-order valence-electron chi connectivity index (χ4n) is 4.27. The van der Waals surface area contributed by atoms with Crippen LogP contribution in [0.2, 0.25) is 0 Å². The molecule has 0 radical (unpaired) electrons. The molecule has 1 heterocycles. The number of rotatable bonds is 2. The Kier molecular flexibility index (Phi) is 2.46. The van der Waals surface area contributed by atoms with Crippen LogP contribution < -0.4 is 5.73 Å². The Morgan fingerprint density at radius 2 is 2.21 bits per heavy atom. The van der Waals surface area contributed by atoms with E-state index in [9.17, 15) is 0 Å². The molecule has 0 saturated heterocycles. The van der Waals surface area contributed by atoms with Gasteiger partial charge in [-0.2, -0.15) is 0 Å². The van der Waals surface area contributed by atoms with Crippen molar-refractivity contribution in [2.75, 3.05) is 0 Å². The van der Waals surface area contributed by atoms with Crippen LogP contribution in [-0.2, 0) is 13.6 Å². The molecule has 2 aliphatic rings. The molecule has 2 N–H and O–H groups in total. The van der Waals surface area contributed by atoms with Gasteiger partial charge in [0, 0.05) is 19.5 Å². The van der Waals surface area contributed by atoms with E-state index in [1.807, 2.05) is 0 Å². The highest BCUT2D eigenvalue weighted by molar-refractivity contribution is 5.77. The fraction of sp³-hybridized carbons (Fsp3) is 0.562. The zero-order chi connectivity index (χ0) is 13.0. The highest BCUT2D eigenvalue weighted by atomic mass is 15.1. The highest BCUT2D eigenvalue weighted by Crippen LogP contribution is 2.52. The average molecular weight is 255 g/mol. The third-order valence-corrected chi connectivity index (χ3v) is 5.29. The van der Waals surface area contributed by atoms with Gasteiger partial charge in [-0.1, -0.05) is 12.5 Å². The van der Waals surface area contributed by atoms with Crippen molar-refractivity contribution in [1.29, 1.82) is 0 Å². The lowest BCUT2D eigenvalue weighted by molar-refractivity contribution is 0.400. The number of aromatic nitrogens is 2. The largest absolute Gasteiger partial charge is 0.331 e. The molecule has 0 spiro atoms. The molecule has 19 heavy (non-hydrogen) atoms. The van der Waals surface area contributed by atoms with E-state index in [1.54, 1.807) is 0 Å². The van der Waals surface area contributed by atoms with Crippen LogP contribution in [0.1, 0.15) is 43.0 Å². The Hall–Kier alpha value is -1.35. The molecule has 1 aromatic carbocycles. The van der Waals surface area contributed by atoms with Crippen molar-refractivity contribution in [3.63, 3.8) is 0 Å². The third-order valence-electron chi connectivity index (χ3n) is 5.29. The highest BCUT2D eigenvalue weighted by Gasteiger charge is 2.42. The van der Waals surface area contributed by atoms with Gasteiger partial charge in [0.2, 0.25) is 0 Å². The van der Waals surface area contributed by atoms with E-state index in [0.29, 0.717) is 12.5 Å². The first-order valence-corrected chi connectivity index (χ1v) is 7.41. The molecule has 100 valence electrons. The number of aryl methyl sites for hydroxylation is 1. The van der Waals surface area contributed by atoms with Crippen molar-refractivity contribution in [3.05, 3.63) is 29.6 Å². The number of nitrogens with zero attached hydrogens (tertiary/aromatic N) is 2. The van der Waals surface area contributed by atoms with Gasteiger partial charge in [-0.25, -0.2) is 4.98 Å². The van der Waals surface area contributed by atoms with E-state index < -0.39 is 0 Å². The lowest BCUT2D eigenvalue weighted by atomic mass is 9.88. The van der Waals surface area contributed by atoms with Gasteiger partial charge in [-0.3, -0.25) is 0 Å². The van der Waals surface area contributed by atoms with Gasteiger partial charge >= 0.3 is 0 Å². The normalized spacial score (nSPS) is 29.5. The minimum atomic E-state index is 0.602. The second-order valence-electron chi connectivity index (χ2n) is 6.34. The Labute approximate surface area is 113 Å². The number of hydrogen-bond donors (Lipinski definition) is 1. The maximum absolute atomic E-state index is 5.74. The molecular formula is C16H21N3. The van der Waals surface area contributed by atoms with Crippen molar-refractivity contribution in [3.8, 4) is 0 Å². The summed E-state index contributed by atoms with van der Waals surface area (Å²) in [7, 11) is 2.16. The van der Waals surface area contributed by atoms with Gasteiger partial charge in [-0.15, -0.1) is 0 Å². The first kappa shape index (κ1) is 11.5. The standard InChI is InChI=1S/C16H21N3/c1-19-15-8-11(9-17)3-5-14(15)18-16(19)13-7-10-2-4-12(13)6-10/h3,5,8,10,12-13H,2,4,6-7,9,17H2,1H3. The summed E-state index contributed by atoms with van der Waals surface area (Å²) in [5.74, 6) is 3.85. The summed E-state index contributed by atoms with van der Waals surface area (Å²) in [6.45, 7) is 0.602. The molecule has 3 nitrogen and oxygen atoms in total. The molecular weight excluding hydrogens is 234 g/mol. The number of imidazole rings is 1. The van der Waals surface area contributed by atoms with Gasteiger partial charge in [0.1, 0.15) is 5.82 Å². The van der Waals surface area contributed by atoms with Crippen LogP contribution in [0, 0.1) is 11.8 Å². The Morgan fingerprint density at radius 3 is 2.89 bits per heavy atom.